The van der Waals surface area contributed by atoms with Crippen LogP contribution in [0.4, 0.5) is 0 Å². The topological polar surface area (TPSA) is 49.8 Å². The molecule has 1 aromatic carbocycles. The normalized spacial score (nSPS) is 15.1. The first kappa shape index (κ1) is 14.1. The number of thiophene rings is 1. The van der Waals surface area contributed by atoms with Gasteiger partial charge in [-0.3, -0.25) is 4.90 Å². The van der Waals surface area contributed by atoms with E-state index in [0.717, 1.165) is 35.8 Å². The van der Waals surface area contributed by atoms with Gasteiger partial charge in [-0.2, -0.15) is 0 Å². The SMILES string of the molecule is Cc1sc(C(=O)O)cc1CN1CCOc2ccccc2C1. The zero-order valence-electron chi connectivity index (χ0n) is 11.8. The van der Waals surface area contributed by atoms with E-state index in [0.29, 0.717) is 11.5 Å². The molecule has 0 amide bonds. The average Bonchev–Trinajstić information content (AvgIpc) is 2.70. The summed E-state index contributed by atoms with van der Waals surface area (Å²) in [6.45, 7) is 5.06. The summed E-state index contributed by atoms with van der Waals surface area (Å²) in [6, 6.07) is 9.87. The van der Waals surface area contributed by atoms with Crippen molar-refractivity contribution in [3.05, 3.63) is 51.2 Å². The fourth-order valence-electron chi connectivity index (χ4n) is 2.54. The Kier molecular flexibility index (Phi) is 3.94. The summed E-state index contributed by atoms with van der Waals surface area (Å²) in [5.41, 5.74) is 2.28. The summed E-state index contributed by atoms with van der Waals surface area (Å²) in [5, 5.41) is 9.08. The van der Waals surface area contributed by atoms with Crippen molar-refractivity contribution >= 4 is 17.3 Å². The number of ether oxygens (including phenoxy) is 1. The average molecular weight is 303 g/mol. The Hall–Kier alpha value is -1.85. The maximum atomic E-state index is 11.1. The fraction of sp³-hybridized carbons (Fsp3) is 0.312. The van der Waals surface area contributed by atoms with Crippen LogP contribution >= 0.6 is 11.3 Å². The number of rotatable bonds is 3. The molecule has 0 spiro atoms. The molecule has 0 radical (unpaired) electrons. The molecule has 1 aliphatic heterocycles. The Morgan fingerprint density at radius 1 is 1.43 bits per heavy atom. The summed E-state index contributed by atoms with van der Waals surface area (Å²) in [6.07, 6.45) is 0. The number of para-hydroxylation sites is 1. The monoisotopic (exact) mass is 303 g/mol. The second kappa shape index (κ2) is 5.87. The van der Waals surface area contributed by atoms with Gasteiger partial charge in [0.15, 0.2) is 0 Å². The predicted octanol–water partition coefficient (Wildman–Crippen LogP) is 3.15. The number of fused-ring (bicyclic) bond motifs is 1. The van der Waals surface area contributed by atoms with Gasteiger partial charge >= 0.3 is 5.97 Å². The maximum Gasteiger partial charge on any atom is 0.345 e. The van der Waals surface area contributed by atoms with Crippen LogP contribution in [0.2, 0.25) is 0 Å². The minimum absolute atomic E-state index is 0.411. The van der Waals surface area contributed by atoms with Gasteiger partial charge in [-0.15, -0.1) is 11.3 Å². The lowest BCUT2D eigenvalue weighted by atomic mass is 10.1. The molecule has 0 saturated heterocycles. The number of hydrogen-bond acceptors (Lipinski definition) is 4. The van der Waals surface area contributed by atoms with E-state index in [4.69, 9.17) is 9.84 Å². The molecule has 21 heavy (non-hydrogen) atoms. The molecule has 0 fully saturated rings. The van der Waals surface area contributed by atoms with Crippen molar-refractivity contribution in [2.24, 2.45) is 0 Å². The number of benzene rings is 1. The lowest BCUT2D eigenvalue weighted by Gasteiger charge is -2.19. The number of aromatic carboxylic acids is 1. The number of nitrogens with zero attached hydrogens (tertiary/aromatic N) is 1. The van der Waals surface area contributed by atoms with Crippen LogP contribution in [0.3, 0.4) is 0 Å². The van der Waals surface area contributed by atoms with Crippen LogP contribution in [-0.2, 0) is 13.1 Å². The molecule has 1 N–H and O–H groups in total. The van der Waals surface area contributed by atoms with Crippen LogP contribution < -0.4 is 4.74 Å². The third-order valence-corrected chi connectivity index (χ3v) is 4.74. The summed E-state index contributed by atoms with van der Waals surface area (Å²) < 4.78 is 5.76. The van der Waals surface area contributed by atoms with E-state index < -0.39 is 5.97 Å². The highest BCUT2D eigenvalue weighted by molar-refractivity contribution is 7.14. The van der Waals surface area contributed by atoms with Crippen molar-refractivity contribution in [2.45, 2.75) is 20.0 Å². The van der Waals surface area contributed by atoms with Crippen LogP contribution in [0.25, 0.3) is 0 Å². The molecule has 4 nitrogen and oxygen atoms in total. The first-order valence-corrected chi connectivity index (χ1v) is 7.71. The van der Waals surface area contributed by atoms with Crippen LogP contribution in [0.1, 0.15) is 25.7 Å². The molecule has 1 aliphatic rings. The second-order valence-electron chi connectivity index (χ2n) is 5.16. The van der Waals surface area contributed by atoms with Crippen molar-refractivity contribution < 1.29 is 14.6 Å². The van der Waals surface area contributed by atoms with Gasteiger partial charge in [-0.25, -0.2) is 4.79 Å². The molecule has 0 unspecified atom stereocenters. The van der Waals surface area contributed by atoms with Crippen molar-refractivity contribution in [3.63, 3.8) is 0 Å². The molecular formula is C16H17NO3S. The van der Waals surface area contributed by atoms with Gasteiger partial charge in [-0.1, -0.05) is 18.2 Å². The zero-order chi connectivity index (χ0) is 14.8. The molecular weight excluding hydrogens is 286 g/mol. The first-order valence-electron chi connectivity index (χ1n) is 6.89. The first-order chi connectivity index (χ1) is 10.1. The minimum Gasteiger partial charge on any atom is -0.492 e. The lowest BCUT2D eigenvalue weighted by molar-refractivity contribution is 0.0702. The molecule has 2 heterocycles. The van der Waals surface area contributed by atoms with E-state index in [2.05, 4.69) is 11.0 Å². The summed E-state index contributed by atoms with van der Waals surface area (Å²) in [4.78, 5) is 14.8. The van der Waals surface area contributed by atoms with Crippen molar-refractivity contribution in [1.29, 1.82) is 0 Å². The van der Waals surface area contributed by atoms with Gasteiger partial charge in [0.25, 0.3) is 0 Å². The van der Waals surface area contributed by atoms with Crippen molar-refractivity contribution in [2.75, 3.05) is 13.2 Å². The van der Waals surface area contributed by atoms with E-state index in [-0.39, 0.29) is 0 Å². The fourth-order valence-corrected chi connectivity index (χ4v) is 3.41. The van der Waals surface area contributed by atoms with Gasteiger partial charge in [0.05, 0.1) is 0 Å². The van der Waals surface area contributed by atoms with E-state index in [1.54, 1.807) is 6.07 Å². The standard InChI is InChI=1S/C16H17NO3S/c1-11-13(8-15(21-11)16(18)19)10-17-6-7-20-14-5-3-2-4-12(14)9-17/h2-5,8H,6-7,9-10H2,1H3,(H,18,19). The van der Waals surface area contributed by atoms with Crippen LogP contribution in [-0.4, -0.2) is 29.1 Å². The van der Waals surface area contributed by atoms with Gasteiger partial charge in [0, 0.05) is 30.1 Å². The highest BCUT2D eigenvalue weighted by Crippen LogP contribution is 2.26. The number of carboxylic acid groups (broad SMARTS) is 1. The van der Waals surface area contributed by atoms with E-state index in [9.17, 15) is 4.79 Å². The molecule has 2 aromatic rings. The lowest BCUT2D eigenvalue weighted by Crippen LogP contribution is -2.25. The highest BCUT2D eigenvalue weighted by Gasteiger charge is 2.18. The molecule has 0 bridgehead atoms. The summed E-state index contributed by atoms with van der Waals surface area (Å²) >= 11 is 1.34. The number of hydrogen-bond donors (Lipinski definition) is 1. The second-order valence-corrected chi connectivity index (χ2v) is 6.42. The minimum atomic E-state index is -0.848. The molecule has 110 valence electrons. The number of carbonyl (C=O) groups is 1. The third-order valence-electron chi connectivity index (χ3n) is 3.66. The third kappa shape index (κ3) is 3.09. The van der Waals surface area contributed by atoms with Gasteiger partial charge < -0.3 is 9.84 Å². The van der Waals surface area contributed by atoms with E-state index in [1.807, 2.05) is 25.1 Å². The Labute approximate surface area is 127 Å². The summed E-state index contributed by atoms with van der Waals surface area (Å²) in [7, 11) is 0. The molecule has 5 heteroatoms. The van der Waals surface area contributed by atoms with E-state index in [1.165, 1.54) is 16.9 Å². The van der Waals surface area contributed by atoms with Crippen LogP contribution in [0.15, 0.2) is 30.3 Å². The van der Waals surface area contributed by atoms with Crippen LogP contribution in [0.5, 0.6) is 5.75 Å². The van der Waals surface area contributed by atoms with Crippen molar-refractivity contribution in [3.8, 4) is 5.75 Å². The van der Waals surface area contributed by atoms with E-state index >= 15 is 0 Å². The van der Waals surface area contributed by atoms with Crippen LogP contribution in [0, 0.1) is 6.92 Å². The number of aryl methyl sites for hydroxylation is 1. The zero-order valence-corrected chi connectivity index (χ0v) is 12.7. The predicted molar refractivity (Wildman–Crippen MR) is 82.1 cm³/mol. The Morgan fingerprint density at radius 3 is 3.00 bits per heavy atom. The van der Waals surface area contributed by atoms with Crippen molar-refractivity contribution in [1.82, 2.24) is 4.90 Å². The van der Waals surface area contributed by atoms with Gasteiger partial charge in [0.1, 0.15) is 17.2 Å². The Bertz CT molecular complexity index is 665. The largest absolute Gasteiger partial charge is 0.492 e. The van der Waals surface area contributed by atoms with Gasteiger partial charge in [-0.05, 0) is 24.6 Å². The maximum absolute atomic E-state index is 11.1. The number of carboxylic acids is 1. The molecule has 3 rings (SSSR count). The quantitative estimate of drug-likeness (QED) is 0.946. The Balaban J connectivity index is 1.78. The van der Waals surface area contributed by atoms with Gasteiger partial charge in [0.2, 0.25) is 0 Å². The molecule has 0 aliphatic carbocycles. The summed E-state index contributed by atoms with van der Waals surface area (Å²) in [5.74, 6) is 0.104. The molecule has 0 atom stereocenters. The molecule has 1 aromatic heterocycles. The molecule has 0 saturated carbocycles. The smallest absolute Gasteiger partial charge is 0.345 e. The Morgan fingerprint density at radius 2 is 2.24 bits per heavy atom. The highest BCUT2D eigenvalue weighted by atomic mass is 32.1.